The lowest BCUT2D eigenvalue weighted by atomic mass is 9.89. The summed E-state index contributed by atoms with van der Waals surface area (Å²) in [5.41, 5.74) is 1.30. The molecule has 0 N–H and O–H groups in total. The minimum absolute atomic E-state index is 0.426. The molecule has 1 aliphatic heterocycles. The van der Waals surface area contributed by atoms with Crippen molar-refractivity contribution in [2.24, 2.45) is 0 Å². The highest BCUT2D eigenvalue weighted by Crippen LogP contribution is 2.39. The van der Waals surface area contributed by atoms with Gasteiger partial charge >= 0.3 is 0 Å². The van der Waals surface area contributed by atoms with Gasteiger partial charge in [-0.15, -0.1) is 6.58 Å². The smallest absolute Gasteiger partial charge is 0.123 e. The molecule has 80 valence electrons. The maximum atomic E-state index is 5.72. The molecular formula is C15H14O. The second-order valence-electron chi connectivity index (χ2n) is 4.18. The van der Waals surface area contributed by atoms with Crippen LogP contribution in [0.15, 0.2) is 49.1 Å². The average Bonchev–Trinajstić information content (AvgIpc) is 2.37. The van der Waals surface area contributed by atoms with Crippen LogP contribution in [-0.2, 0) is 0 Å². The van der Waals surface area contributed by atoms with Crippen molar-refractivity contribution in [3.05, 3.63) is 54.6 Å². The van der Waals surface area contributed by atoms with E-state index in [9.17, 15) is 0 Å². The van der Waals surface area contributed by atoms with Crippen LogP contribution in [0.1, 0.15) is 17.9 Å². The van der Waals surface area contributed by atoms with E-state index in [0.29, 0.717) is 5.92 Å². The third-order valence-electron chi connectivity index (χ3n) is 3.27. The standard InChI is InChI=1S/C15H14O/c1-2-11-9-10-16-14-8-7-12-5-3-4-6-13(12)15(11)14/h2-8,11H,1,9-10H2. The van der Waals surface area contributed by atoms with E-state index in [1.54, 1.807) is 0 Å². The predicted molar refractivity (Wildman–Crippen MR) is 67.0 cm³/mol. The lowest BCUT2D eigenvalue weighted by molar-refractivity contribution is 0.280. The van der Waals surface area contributed by atoms with Gasteiger partial charge in [0, 0.05) is 11.5 Å². The summed E-state index contributed by atoms with van der Waals surface area (Å²) in [4.78, 5) is 0. The molecule has 0 aromatic heterocycles. The van der Waals surface area contributed by atoms with E-state index in [0.717, 1.165) is 18.8 Å². The van der Waals surface area contributed by atoms with Crippen molar-refractivity contribution in [3.8, 4) is 5.75 Å². The summed E-state index contributed by atoms with van der Waals surface area (Å²) in [6, 6.07) is 12.7. The number of hydrogen-bond acceptors (Lipinski definition) is 1. The van der Waals surface area contributed by atoms with Crippen LogP contribution in [-0.4, -0.2) is 6.61 Å². The molecule has 1 nitrogen and oxygen atoms in total. The zero-order valence-corrected chi connectivity index (χ0v) is 9.15. The quantitative estimate of drug-likeness (QED) is 0.649. The lowest BCUT2D eigenvalue weighted by Crippen LogP contribution is -2.12. The number of ether oxygens (including phenoxy) is 1. The minimum Gasteiger partial charge on any atom is -0.493 e. The predicted octanol–water partition coefficient (Wildman–Crippen LogP) is 3.89. The van der Waals surface area contributed by atoms with Gasteiger partial charge in [0.15, 0.2) is 0 Å². The largest absolute Gasteiger partial charge is 0.493 e. The van der Waals surface area contributed by atoms with Crippen LogP contribution in [0.3, 0.4) is 0 Å². The summed E-state index contributed by atoms with van der Waals surface area (Å²) in [7, 11) is 0. The van der Waals surface area contributed by atoms with Crippen molar-refractivity contribution in [3.63, 3.8) is 0 Å². The fourth-order valence-electron chi connectivity index (χ4n) is 2.46. The first-order valence-corrected chi connectivity index (χ1v) is 5.67. The summed E-state index contributed by atoms with van der Waals surface area (Å²) < 4.78 is 5.72. The SMILES string of the molecule is C=CC1CCOc2ccc3ccccc3c21. The van der Waals surface area contributed by atoms with E-state index in [2.05, 4.69) is 43.0 Å². The molecule has 0 amide bonds. The molecular weight excluding hydrogens is 196 g/mol. The average molecular weight is 210 g/mol. The molecule has 0 spiro atoms. The third-order valence-corrected chi connectivity index (χ3v) is 3.27. The Labute approximate surface area is 95.4 Å². The van der Waals surface area contributed by atoms with E-state index < -0.39 is 0 Å². The maximum Gasteiger partial charge on any atom is 0.123 e. The fourth-order valence-corrected chi connectivity index (χ4v) is 2.46. The first kappa shape index (κ1) is 9.46. The van der Waals surface area contributed by atoms with E-state index >= 15 is 0 Å². The minimum atomic E-state index is 0.426. The van der Waals surface area contributed by atoms with Gasteiger partial charge in [-0.1, -0.05) is 36.4 Å². The highest BCUT2D eigenvalue weighted by molar-refractivity contribution is 5.88. The number of hydrogen-bond donors (Lipinski definition) is 0. The first-order chi connectivity index (χ1) is 7.90. The van der Waals surface area contributed by atoms with Gasteiger partial charge in [-0.05, 0) is 23.3 Å². The van der Waals surface area contributed by atoms with Crippen LogP contribution in [0.2, 0.25) is 0 Å². The van der Waals surface area contributed by atoms with E-state index in [-0.39, 0.29) is 0 Å². The zero-order valence-electron chi connectivity index (χ0n) is 9.15. The van der Waals surface area contributed by atoms with Crippen molar-refractivity contribution in [2.45, 2.75) is 12.3 Å². The molecule has 1 heteroatoms. The molecule has 2 aromatic rings. The molecule has 0 saturated carbocycles. The van der Waals surface area contributed by atoms with Crippen molar-refractivity contribution >= 4 is 10.8 Å². The first-order valence-electron chi connectivity index (χ1n) is 5.67. The Morgan fingerprint density at radius 3 is 2.94 bits per heavy atom. The summed E-state index contributed by atoms with van der Waals surface area (Å²) in [6.07, 6.45) is 3.07. The third kappa shape index (κ3) is 1.32. The van der Waals surface area contributed by atoms with Gasteiger partial charge in [-0.2, -0.15) is 0 Å². The van der Waals surface area contributed by atoms with E-state index in [4.69, 9.17) is 4.74 Å². The van der Waals surface area contributed by atoms with Crippen molar-refractivity contribution in [1.82, 2.24) is 0 Å². The second-order valence-corrected chi connectivity index (χ2v) is 4.18. The Balaban J connectivity index is 2.34. The van der Waals surface area contributed by atoms with Gasteiger partial charge in [0.1, 0.15) is 5.75 Å². The second kappa shape index (κ2) is 3.67. The van der Waals surface area contributed by atoms with Crippen LogP contribution >= 0.6 is 0 Å². The normalized spacial score (nSPS) is 18.9. The molecule has 0 bridgehead atoms. The highest BCUT2D eigenvalue weighted by atomic mass is 16.5. The van der Waals surface area contributed by atoms with E-state index in [1.807, 2.05) is 6.08 Å². The van der Waals surface area contributed by atoms with Crippen LogP contribution in [0.4, 0.5) is 0 Å². The molecule has 3 rings (SSSR count). The van der Waals surface area contributed by atoms with Crippen molar-refractivity contribution < 1.29 is 4.74 Å². The molecule has 16 heavy (non-hydrogen) atoms. The molecule has 0 radical (unpaired) electrons. The van der Waals surface area contributed by atoms with Crippen molar-refractivity contribution in [1.29, 1.82) is 0 Å². The Bertz CT molecular complexity index is 542. The van der Waals surface area contributed by atoms with Crippen LogP contribution in [0.25, 0.3) is 10.8 Å². The van der Waals surface area contributed by atoms with Gasteiger partial charge in [-0.25, -0.2) is 0 Å². The molecule has 1 unspecified atom stereocenters. The van der Waals surface area contributed by atoms with Gasteiger partial charge in [0.2, 0.25) is 0 Å². The Morgan fingerprint density at radius 2 is 2.06 bits per heavy atom. The lowest BCUT2D eigenvalue weighted by Gasteiger charge is -2.25. The highest BCUT2D eigenvalue weighted by Gasteiger charge is 2.20. The Hall–Kier alpha value is -1.76. The molecule has 1 heterocycles. The van der Waals surface area contributed by atoms with Gasteiger partial charge in [0.25, 0.3) is 0 Å². The van der Waals surface area contributed by atoms with E-state index in [1.165, 1.54) is 16.3 Å². The van der Waals surface area contributed by atoms with Crippen LogP contribution < -0.4 is 4.74 Å². The Morgan fingerprint density at radius 1 is 1.19 bits per heavy atom. The maximum absolute atomic E-state index is 5.72. The van der Waals surface area contributed by atoms with Gasteiger partial charge in [-0.3, -0.25) is 0 Å². The summed E-state index contributed by atoms with van der Waals surface area (Å²) in [6.45, 7) is 4.73. The molecule has 1 atom stereocenters. The molecule has 0 aliphatic carbocycles. The monoisotopic (exact) mass is 210 g/mol. The van der Waals surface area contributed by atoms with Crippen LogP contribution in [0, 0.1) is 0 Å². The fraction of sp³-hybridized carbons (Fsp3) is 0.200. The topological polar surface area (TPSA) is 9.23 Å². The number of rotatable bonds is 1. The molecule has 1 aliphatic rings. The molecule has 0 fully saturated rings. The molecule has 0 saturated heterocycles. The number of allylic oxidation sites excluding steroid dienone is 1. The summed E-state index contributed by atoms with van der Waals surface area (Å²) in [5.74, 6) is 1.45. The molecule has 2 aromatic carbocycles. The van der Waals surface area contributed by atoms with Gasteiger partial charge < -0.3 is 4.74 Å². The summed E-state index contributed by atoms with van der Waals surface area (Å²) in [5, 5.41) is 2.57. The number of benzene rings is 2. The Kier molecular flexibility index (Phi) is 2.17. The van der Waals surface area contributed by atoms with Gasteiger partial charge in [0.05, 0.1) is 6.61 Å². The number of fused-ring (bicyclic) bond motifs is 3. The van der Waals surface area contributed by atoms with Crippen molar-refractivity contribution in [2.75, 3.05) is 6.61 Å². The summed E-state index contributed by atoms with van der Waals surface area (Å²) >= 11 is 0. The van der Waals surface area contributed by atoms with Crippen LogP contribution in [0.5, 0.6) is 5.75 Å². The zero-order chi connectivity index (χ0) is 11.0.